The molecule has 1 aromatic carbocycles. The van der Waals surface area contributed by atoms with Crippen LogP contribution in [0.3, 0.4) is 0 Å². The highest BCUT2D eigenvalue weighted by Gasteiger charge is 2.31. The Hall–Kier alpha value is -1.07. The van der Waals surface area contributed by atoms with Crippen LogP contribution in [0.1, 0.15) is 18.4 Å². The standard InChI is InChI=1S/C13H20N2O2S/c1-11-5-7-12(8-6-11)15(2)18(16,17)13-4-3-9-14-10-13/h5-8,13-14H,3-4,9-10H2,1-2H3. The van der Waals surface area contributed by atoms with Crippen LogP contribution in [0.4, 0.5) is 5.69 Å². The normalized spacial score (nSPS) is 20.7. The molecule has 0 spiro atoms. The number of hydrogen-bond donors (Lipinski definition) is 1. The zero-order valence-corrected chi connectivity index (χ0v) is 11.7. The molecule has 100 valence electrons. The molecule has 18 heavy (non-hydrogen) atoms. The number of sulfonamides is 1. The fourth-order valence-corrected chi connectivity index (χ4v) is 3.86. The largest absolute Gasteiger partial charge is 0.315 e. The van der Waals surface area contributed by atoms with Gasteiger partial charge in [-0.2, -0.15) is 0 Å². The minimum absolute atomic E-state index is 0.308. The van der Waals surface area contributed by atoms with E-state index in [2.05, 4.69) is 5.32 Å². The van der Waals surface area contributed by atoms with Crippen LogP contribution in [0.2, 0.25) is 0 Å². The van der Waals surface area contributed by atoms with E-state index in [1.807, 2.05) is 31.2 Å². The van der Waals surface area contributed by atoms with Gasteiger partial charge in [0.05, 0.1) is 10.9 Å². The van der Waals surface area contributed by atoms with Crippen LogP contribution in [-0.4, -0.2) is 33.8 Å². The smallest absolute Gasteiger partial charge is 0.239 e. The van der Waals surface area contributed by atoms with Crippen molar-refractivity contribution >= 4 is 15.7 Å². The number of piperidine rings is 1. The van der Waals surface area contributed by atoms with Crippen molar-refractivity contribution in [2.75, 3.05) is 24.4 Å². The monoisotopic (exact) mass is 268 g/mol. The molecule has 0 aromatic heterocycles. The minimum Gasteiger partial charge on any atom is -0.315 e. The molecule has 1 heterocycles. The van der Waals surface area contributed by atoms with Gasteiger partial charge in [0.15, 0.2) is 0 Å². The van der Waals surface area contributed by atoms with E-state index in [-0.39, 0.29) is 5.25 Å². The van der Waals surface area contributed by atoms with Crippen molar-refractivity contribution in [2.45, 2.75) is 25.0 Å². The number of benzene rings is 1. The first-order valence-corrected chi connectivity index (χ1v) is 7.77. The molecule has 1 aliphatic rings. The molecule has 1 aromatic rings. The van der Waals surface area contributed by atoms with E-state index in [1.54, 1.807) is 7.05 Å². The summed E-state index contributed by atoms with van der Waals surface area (Å²) >= 11 is 0. The molecule has 1 fully saturated rings. The second-order valence-corrected chi connectivity index (χ2v) is 7.06. The Morgan fingerprint density at radius 3 is 2.50 bits per heavy atom. The fraction of sp³-hybridized carbons (Fsp3) is 0.538. The summed E-state index contributed by atoms with van der Waals surface area (Å²) in [6.45, 7) is 3.46. The summed E-state index contributed by atoms with van der Waals surface area (Å²) in [6, 6.07) is 7.56. The Morgan fingerprint density at radius 1 is 1.28 bits per heavy atom. The van der Waals surface area contributed by atoms with Crippen LogP contribution in [0.25, 0.3) is 0 Å². The number of nitrogens with one attached hydrogen (secondary N) is 1. The van der Waals surface area contributed by atoms with Crippen LogP contribution in [0.15, 0.2) is 24.3 Å². The predicted molar refractivity (Wildman–Crippen MR) is 74.4 cm³/mol. The molecule has 1 atom stereocenters. The summed E-state index contributed by atoms with van der Waals surface area (Å²) in [5.74, 6) is 0. The van der Waals surface area contributed by atoms with E-state index in [0.717, 1.165) is 30.6 Å². The van der Waals surface area contributed by atoms with Crippen molar-refractivity contribution in [1.29, 1.82) is 0 Å². The quantitative estimate of drug-likeness (QED) is 0.904. The molecule has 1 saturated heterocycles. The van der Waals surface area contributed by atoms with Crippen LogP contribution in [0, 0.1) is 6.92 Å². The first-order valence-electron chi connectivity index (χ1n) is 6.27. The summed E-state index contributed by atoms with van der Waals surface area (Å²) < 4.78 is 26.3. The topological polar surface area (TPSA) is 49.4 Å². The maximum atomic E-state index is 12.5. The van der Waals surface area contributed by atoms with Crippen molar-refractivity contribution in [3.8, 4) is 0 Å². The third-order valence-electron chi connectivity index (χ3n) is 3.45. The van der Waals surface area contributed by atoms with Gasteiger partial charge in [0, 0.05) is 13.6 Å². The van der Waals surface area contributed by atoms with Gasteiger partial charge in [-0.15, -0.1) is 0 Å². The van der Waals surface area contributed by atoms with Crippen molar-refractivity contribution < 1.29 is 8.42 Å². The van der Waals surface area contributed by atoms with Crippen LogP contribution < -0.4 is 9.62 Å². The molecule has 1 unspecified atom stereocenters. The Bertz CT molecular complexity index is 490. The van der Waals surface area contributed by atoms with Gasteiger partial charge in [0.25, 0.3) is 0 Å². The molecular weight excluding hydrogens is 248 g/mol. The van der Waals surface area contributed by atoms with E-state index >= 15 is 0 Å². The zero-order valence-electron chi connectivity index (χ0n) is 10.9. The van der Waals surface area contributed by atoms with Gasteiger partial charge in [-0.1, -0.05) is 17.7 Å². The Labute approximate surface area is 109 Å². The molecule has 0 aliphatic carbocycles. The number of rotatable bonds is 3. The fourth-order valence-electron chi connectivity index (χ4n) is 2.20. The lowest BCUT2D eigenvalue weighted by atomic mass is 10.2. The molecule has 1 N–H and O–H groups in total. The highest BCUT2D eigenvalue weighted by atomic mass is 32.2. The number of hydrogen-bond acceptors (Lipinski definition) is 3. The van der Waals surface area contributed by atoms with E-state index in [1.165, 1.54) is 4.31 Å². The number of aryl methyl sites for hydroxylation is 1. The predicted octanol–water partition coefficient (Wildman–Crippen LogP) is 1.51. The van der Waals surface area contributed by atoms with E-state index < -0.39 is 10.0 Å². The lowest BCUT2D eigenvalue weighted by molar-refractivity contribution is 0.496. The molecule has 1 aliphatic heterocycles. The van der Waals surface area contributed by atoms with Gasteiger partial charge in [-0.3, -0.25) is 4.31 Å². The van der Waals surface area contributed by atoms with Crippen LogP contribution in [0.5, 0.6) is 0 Å². The SMILES string of the molecule is Cc1ccc(N(C)S(=O)(=O)C2CCCNC2)cc1. The zero-order chi connectivity index (χ0) is 13.2. The minimum atomic E-state index is -3.26. The van der Waals surface area contributed by atoms with Gasteiger partial charge < -0.3 is 5.32 Å². The molecule has 5 heteroatoms. The molecule has 0 amide bonds. The summed E-state index contributed by atoms with van der Waals surface area (Å²) in [5.41, 5.74) is 1.86. The van der Waals surface area contributed by atoms with Crippen molar-refractivity contribution in [3.05, 3.63) is 29.8 Å². The molecule has 0 radical (unpaired) electrons. The van der Waals surface area contributed by atoms with Gasteiger partial charge >= 0.3 is 0 Å². The first kappa shape index (κ1) is 13.4. The third-order valence-corrected chi connectivity index (χ3v) is 5.67. The van der Waals surface area contributed by atoms with E-state index in [9.17, 15) is 8.42 Å². The van der Waals surface area contributed by atoms with Crippen molar-refractivity contribution in [1.82, 2.24) is 5.32 Å². The number of nitrogens with zero attached hydrogens (tertiary/aromatic N) is 1. The Balaban J connectivity index is 2.20. The van der Waals surface area contributed by atoms with Crippen LogP contribution in [-0.2, 0) is 10.0 Å². The van der Waals surface area contributed by atoms with Crippen LogP contribution >= 0.6 is 0 Å². The molecular formula is C13H20N2O2S. The molecule has 0 bridgehead atoms. The number of anilines is 1. The summed E-state index contributed by atoms with van der Waals surface area (Å²) in [7, 11) is -1.62. The van der Waals surface area contributed by atoms with Gasteiger partial charge in [-0.25, -0.2) is 8.42 Å². The maximum Gasteiger partial charge on any atom is 0.239 e. The highest BCUT2D eigenvalue weighted by molar-refractivity contribution is 7.93. The highest BCUT2D eigenvalue weighted by Crippen LogP contribution is 2.22. The average molecular weight is 268 g/mol. The second kappa shape index (κ2) is 5.28. The second-order valence-electron chi connectivity index (χ2n) is 4.82. The summed E-state index contributed by atoms with van der Waals surface area (Å²) in [6.07, 6.45) is 1.66. The van der Waals surface area contributed by atoms with Gasteiger partial charge in [-0.05, 0) is 38.4 Å². The Kier molecular flexibility index (Phi) is 3.92. The first-order chi connectivity index (χ1) is 8.51. The van der Waals surface area contributed by atoms with Gasteiger partial charge in [0.1, 0.15) is 0 Å². The molecule has 2 rings (SSSR count). The summed E-state index contributed by atoms with van der Waals surface area (Å²) in [5, 5.41) is 2.84. The average Bonchev–Trinajstić information content (AvgIpc) is 2.40. The molecule has 4 nitrogen and oxygen atoms in total. The van der Waals surface area contributed by atoms with Crippen molar-refractivity contribution in [3.63, 3.8) is 0 Å². The lowest BCUT2D eigenvalue weighted by Crippen LogP contribution is -2.45. The van der Waals surface area contributed by atoms with Gasteiger partial charge in [0.2, 0.25) is 10.0 Å². The maximum absolute atomic E-state index is 12.5. The van der Waals surface area contributed by atoms with E-state index in [4.69, 9.17) is 0 Å². The lowest BCUT2D eigenvalue weighted by Gasteiger charge is -2.28. The Morgan fingerprint density at radius 2 is 1.94 bits per heavy atom. The molecule has 0 saturated carbocycles. The van der Waals surface area contributed by atoms with E-state index in [0.29, 0.717) is 6.54 Å². The van der Waals surface area contributed by atoms with Crippen molar-refractivity contribution in [2.24, 2.45) is 0 Å². The third kappa shape index (κ3) is 2.67. The summed E-state index contributed by atoms with van der Waals surface area (Å²) in [4.78, 5) is 0.